The van der Waals surface area contributed by atoms with Crippen molar-refractivity contribution in [3.05, 3.63) is 65.2 Å². The first-order valence-electron chi connectivity index (χ1n) is 12.4. The number of rotatable bonds is 11. The van der Waals surface area contributed by atoms with E-state index in [9.17, 15) is 9.59 Å². The molecule has 1 fully saturated rings. The van der Waals surface area contributed by atoms with Crippen molar-refractivity contribution in [1.82, 2.24) is 10.2 Å². The molecule has 1 N–H and O–H groups in total. The molecule has 1 aliphatic rings. The van der Waals surface area contributed by atoms with Crippen molar-refractivity contribution in [2.24, 2.45) is 0 Å². The maximum atomic E-state index is 13.4. The summed E-state index contributed by atoms with van der Waals surface area (Å²) in [6.07, 6.45) is 6.20. The Bertz CT molecular complexity index is 908. The topological polar surface area (TPSA) is 58.6 Å². The van der Waals surface area contributed by atoms with Gasteiger partial charge in [0.1, 0.15) is 11.8 Å². The van der Waals surface area contributed by atoms with Gasteiger partial charge in [0.25, 0.3) is 0 Å². The minimum Gasteiger partial charge on any atom is -0.497 e. The average molecular weight is 483 g/mol. The van der Waals surface area contributed by atoms with Gasteiger partial charge in [-0.15, -0.1) is 11.8 Å². The molecule has 0 aliphatic heterocycles. The van der Waals surface area contributed by atoms with E-state index in [4.69, 9.17) is 4.74 Å². The zero-order valence-electron chi connectivity index (χ0n) is 20.7. The Morgan fingerprint density at radius 2 is 1.68 bits per heavy atom. The van der Waals surface area contributed by atoms with Crippen LogP contribution in [0.2, 0.25) is 0 Å². The Hall–Kier alpha value is -2.47. The van der Waals surface area contributed by atoms with Gasteiger partial charge < -0.3 is 15.0 Å². The van der Waals surface area contributed by atoms with Gasteiger partial charge in [0.2, 0.25) is 11.8 Å². The summed E-state index contributed by atoms with van der Waals surface area (Å²) in [4.78, 5) is 28.5. The molecule has 3 rings (SSSR count). The monoisotopic (exact) mass is 482 g/mol. The van der Waals surface area contributed by atoms with Gasteiger partial charge in [-0.3, -0.25) is 9.59 Å². The molecule has 0 heterocycles. The fourth-order valence-corrected chi connectivity index (χ4v) is 5.29. The molecule has 2 amide bonds. The highest BCUT2D eigenvalue weighted by molar-refractivity contribution is 7.99. The number of ether oxygens (including phenoxy) is 1. The lowest BCUT2D eigenvalue weighted by Gasteiger charge is -2.32. The predicted molar refractivity (Wildman–Crippen MR) is 140 cm³/mol. The number of benzene rings is 2. The van der Waals surface area contributed by atoms with Gasteiger partial charge in [0.15, 0.2) is 0 Å². The van der Waals surface area contributed by atoms with Crippen molar-refractivity contribution >= 4 is 23.6 Å². The van der Waals surface area contributed by atoms with Crippen LogP contribution in [0.4, 0.5) is 0 Å². The summed E-state index contributed by atoms with van der Waals surface area (Å²) in [6, 6.07) is 15.9. The van der Waals surface area contributed by atoms with Gasteiger partial charge in [0, 0.05) is 18.3 Å². The number of nitrogens with one attached hydrogen (secondary N) is 1. The predicted octanol–water partition coefficient (Wildman–Crippen LogP) is 5.49. The molecule has 184 valence electrons. The van der Waals surface area contributed by atoms with E-state index < -0.39 is 6.04 Å². The molecule has 2 aromatic carbocycles. The summed E-state index contributed by atoms with van der Waals surface area (Å²) in [5.74, 6) is 1.86. The molecule has 0 aromatic heterocycles. The van der Waals surface area contributed by atoms with Crippen LogP contribution in [0.1, 0.15) is 62.1 Å². The van der Waals surface area contributed by atoms with E-state index in [0.717, 1.165) is 42.7 Å². The van der Waals surface area contributed by atoms with Crippen molar-refractivity contribution in [2.45, 2.75) is 76.8 Å². The van der Waals surface area contributed by atoms with Crippen LogP contribution in [0, 0.1) is 6.92 Å². The Balaban J connectivity index is 1.69. The molecule has 5 nitrogen and oxygen atoms in total. The Kier molecular flexibility index (Phi) is 10.3. The van der Waals surface area contributed by atoms with E-state index in [2.05, 4.69) is 36.5 Å². The standard InChI is InChI=1S/C28H38N2O3S/c1-4-26(28(32)29-24-8-6-5-7-9-24)30(18-22-14-16-25(33-3)17-15-22)27(31)20-34-19-23-12-10-21(2)11-13-23/h10-17,24,26H,4-9,18-20H2,1-3H3,(H,29,32)/t26-/m1/s1. The van der Waals surface area contributed by atoms with Gasteiger partial charge in [-0.25, -0.2) is 0 Å². The van der Waals surface area contributed by atoms with Gasteiger partial charge in [-0.05, 0) is 49.4 Å². The van der Waals surface area contributed by atoms with Crippen molar-refractivity contribution in [1.29, 1.82) is 0 Å². The fraction of sp³-hybridized carbons (Fsp3) is 0.500. The summed E-state index contributed by atoms with van der Waals surface area (Å²) in [7, 11) is 1.64. The fourth-order valence-electron chi connectivity index (χ4n) is 4.41. The molecule has 6 heteroatoms. The van der Waals surface area contributed by atoms with E-state index in [-0.39, 0.29) is 17.9 Å². The zero-order valence-corrected chi connectivity index (χ0v) is 21.5. The third kappa shape index (κ3) is 7.79. The smallest absolute Gasteiger partial charge is 0.243 e. The Morgan fingerprint density at radius 1 is 1.03 bits per heavy atom. The summed E-state index contributed by atoms with van der Waals surface area (Å²) in [6.45, 7) is 4.46. The second kappa shape index (κ2) is 13.4. The molecular formula is C28H38N2O3S. The average Bonchev–Trinajstić information content (AvgIpc) is 2.86. The first kappa shape index (κ1) is 26.1. The maximum Gasteiger partial charge on any atom is 0.243 e. The van der Waals surface area contributed by atoms with Crippen LogP contribution >= 0.6 is 11.8 Å². The quantitative estimate of drug-likeness (QED) is 0.460. The highest BCUT2D eigenvalue weighted by Crippen LogP contribution is 2.21. The number of carbonyl (C=O) groups excluding carboxylic acids is 2. The van der Waals surface area contributed by atoms with Crippen LogP contribution in [-0.2, 0) is 21.9 Å². The lowest BCUT2D eigenvalue weighted by atomic mass is 9.95. The van der Waals surface area contributed by atoms with E-state index in [1.54, 1.807) is 23.8 Å². The molecule has 1 aliphatic carbocycles. The van der Waals surface area contributed by atoms with Crippen molar-refractivity contribution in [2.75, 3.05) is 12.9 Å². The third-order valence-electron chi connectivity index (χ3n) is 6.46. The van der Waals surface area contributed by atoms with Crippen LogP contribution in [0.3, 0.4) is 0 Å². The summed E-state index contributed by atoms with van der Waals surface area (Å²) in [5, 5.41) is 3.24. The van der Waals surface area contributed by atoms with Crippen LogP contribution in [0.5, 0.6) is 5.75 Å². The highest BCUT2D eigenvalue weighted by atomic mass is 32.2. The highest BCUT2D eigenvalue weighted by Gasteiger charge is 2.30. The lowest BCUT2D eigenvalue weighted by Crippen LogP contribution is -2.52. The molecule has 1 saturated carbocycles. The number of nitrogens with zero attached hydrogens (tertiary/aromatic N) is 1. The normalized spacial score (nSPS) is 14.9. The molecule has 34 heavy (non-hydrogen) atoms. The van der Waals surface area contributed by atoms with E-state index in [1.807, 2.05) is 31.2 Å². The molecule has 2 aromatic rings. The van der Waals surface area contributed by atoms with E-state index >= 15 is 0 Å². The minimum atomic E-state index is -0.475. The van der Waals surface area contributed by atoms with Gasteiger partial charge >= 0.3 is 0 Å². The van der Waals surface area contributed by atoms with Crippen LogP contribution < -0.4 is 10.1 Å². The third-order valence-corrected chi connectivity index (χ3v) is 7.45. The SMILES string of the molecule is CC[C@H](C(=O)NC1CCCCC1)N(Cc1ccc(OC)cc1)C(=O)CSCc1ccc(C)cc1. The number of thioether (sulfide) groups is 1. The van der Waals surface area contributed by atoms with E-state index in [1.165, 1.54) is 17.5 Å². The van der Waals surface area contributed by atoms with Gasteiger partial charge in [-0.2, -0.15) is 0 Å². The lowest BCUT2D eigenvalue weighted by molar-refractivity contribution is -0.139. The molecule has 0 bridgehead atoms. The largest absolute Gasteiger partial charge is 0.497 e. The van der Waals surface area contributed by atoms with Crippen molar-refractivity contribution in [3.8, 4) is 5.75 Å². The maximum absolute atomic E-state index is 13.4. The van der Waals surface area contributed by atoms with Crippen molar-refractivity contribution < 1.29 is 14.3 Å². The molecule has 0 saturated heterocycles. The van der Waals surface area contributed by atoms with Gasteiger partial charge in [0.05, 0.1) is 12.9 Å². The Morgan fingerprint density at radius 3 is 2.29 bits per heavy atom. The second-order valence-corrected chi connectivity index (χ2v) is 10.1. The molecular weight excluding hydrogens is 444 g/mol. The number of hydrogen-bond acceptors (Lipinski definition) is 4. The van der Waals surface area contributed by atoms with Crippen LogP contribution in [0.15, 0.2) is 48.5 Å². The number of hydrogen-bond donors (Lipinski definition) is 1. The van der Waals surface area contributed by atoms with Crippen LogP contribution in [0.25, 0.3) is 0 Å². The first-order valence-corrected chi connectivity index (χ1v) is 13.5. The molecule has 0 radical (unpaired) electrons. The Labute approximate surface area is 208 Å². The zero-order chi connectivity index (χ0) is 24.3. The summed E-state index contributed by atoms with van der Waals surface area (Å²) < 4.78 is 5.27. The number of carbonyl (C=O) groups is 2. The number of methoxy groups -OCH3 is 1. The first-order chi connectivity index (χ1) is 16.5. The van der Waals surface area contributed by atoms with Gasteiger partial charge in [-0.1, -0.05) is 68.1 Å². The molecule has 1 atom stereocenters. The second-order valence-electron chi connectivity index (χ2n) is 9.12. The summed E-state index contributed by atoms with van der Waals surface area (Å²) in [5.41, 5.74) is 3.42. The van der Waals surface area contributed by atoms with E-state index in [0.29, 0.717) is 18.7 Å². The summed E-state index contributed by atoms with van der Waals surface area (Å²) >= 11 is 1.60. The minimum absolute atomic E-state index is 0.00132. The van der Waals surface area contributed by atoms with Crippen molar-refractivity contribution in [3.63, 3.8) is 0 Å². The molecule has 0 unspecified atom stereocenters. The molecule has 0 spiro atoms. The van der Waals surface area contributed by atoms with Crippen LogP contribution in [-0.4, -0.2) is 41.7 Å². The number of amides is 2. The number of aryl methyl sites for hydroxylation is 1.